The molecule has 0 saturated heterocycles. The van der Waals surface area contributed by atoms with Crippen LogP contribution in [0, 0.1) is 12.7 Å². The summed E-state index contributed by atoms with van der Waals surface area (Å²) in [6, 6.07) is 21.4. The topological polar surface area (TPSA) is 81.6 Å². The number of amides is 1. The average molecular weight is 511 g/mol. The maximum Gasteiger partial charge on any atom is 0.255 e. The highest BCUT2D eigenvalue weighted by molar-refractivity contribution is 6.05. The molecule has 194 valence electrons. The Kier molecular flexibility index (Phi) is 7.82. The molecular formula is C32H31FN2O3. The number of allylic oxidation sites excluding steroid dienone is 2. The van der Waals surface area contributed by atoms with Crippen molar-refractivity contribution in [2.45, 2.75) is 34.1 Å². The van der Waals surface area contributed by atoms with Gasteiger partial charge in [-0.15, -0.1) is 0 Å². The number of carbonyl (C=O) groups excluding carboxylic acids is 1. The van der Waals surface area contributed by atoms with E-state index in [0.717, 1.165) is 17.8 Å². The van der Waals surface area contributed by atoms with Gasteiger partial charge in [-0.1, -0.05) is 36.8 Å². The van der Waals surface area contributed by atoms with Gasteiger partial charge in [0.15, 0.2) is 0 Å². The molecule has 0 unspecified atom stereocenters. The third-order valence-corrected chi connectivity index (χ3v) is 6.71. The molecule has 38 heavy (non-hydrogen) atoms. The minimum Gasteiger partial charge on any atom is -0.507 e. The van der Waals surface area contributed by atoms with Crippen LogP contribution in [0.4, 0.5) is 21.5 Å². The highest BCUT2D eigenvalue weighted by atomic mass is 19.1. The van der Waals surface area contributed by atoms with Gasteiger partial charge in [0.1, 0.15) is 17.3 Å². The van der Waals surface area contributed by atoms with Crippen molar-refractivity contribution in [3.63, 3.8) is 0 Å². The second-order valence-corrected chi connectivity index (χ2v) is 9.34. The largest absolute Gasteiger partial charge is 0.507 e. The van der Waals surface area contributed by atoms with Crippen LogP contribution in [0.1, 0.15) is 48.7 Å². The number of phenols is 2. The number of carbonyl (C=O) groups is 1. The van der Waals surface area contributed by atoms with Gasteiger partial charge in [0.25, 0.3) is 5.91 Å². The number of hydrogen-bond donors (Lipinski definition) is 4. The SMILES string of the molecule is CC/C(C)=C(/C)c1cc(Nc2cccc(C(=O)Nc3cc(O)c(-c4ccc(F)cc4)c(O)c3)c2)ccc1C. The number of hydrogen-bond acceptors (Lipinski definition) is 4. The number of aryl methyl sites for hydroxylation is 1. The van der Waals surface area contributed by atoms with Crippen LogP contribution in [-0.2, 0) is 0 Å². The van der Waals surface area contributed by atoms with E-state index in [1.54, 1.807) is 18.2 Å². The normalized spacial score (nSPS) is 11.6. The molecule has 6 heteroatoms. The molecule has 0 aliphatic carbocycles. The van der Waals surface area contributed by atoms with Gasteiger partial charge < -0.3 is 20.8 Å². The minimum absolute atomic E-state index is 0.158. The summed E-state index contributed by atoms with van der Waals surface area (Å²) in [7, 11) is 0. The molecule has 0 spiro atoms. The Labute approximate surface area is 222 Å². The second kappa shape index (κ2) is 11.2. The van der Waals surface area contributed by atoms with Crippen LogP contribution in [0.3, 0.4) is 0 Å². The first-order valence-corrected chi connectivity index (χ1v) is 12.4. The van der Waals surface area contributed by atoms with Gasteiger partial charge in [0.05, 0.1) is 5.56 Å². The fourth-order valence-corrected chi connectivity index (χ4v) is 4.30. The van der Waals surface area contributed by atoms with Crippen molar-refractivity contribution in [2.75, 3.05) is 10.6 Å². The molecule has 4 aromatic carbocycles. The van der Waals surface area contributed by atoms with E-state index in [4.69, 9.17) is 0 Å². The van der Waals surface area contributed by atoms with E-state index in [-0.39, 0.29) is 22.7 Å². The van der Waals surface area contributed by atoms with Gasteiger partial charge in [-0.05, 0) is 91.9 Å². The first kappa shape index (κ1) is 26.5. The lowest BCUT2D eigenvalue weighted by Crippen LogP contribution is -2.12. The van der Waals surface area contributed by atoms with E-state index in [2.05, 4.69) is 50.5 Å². The van der Waals surface area contributed by atoms with E-state index >= 15 is 0 Å². The molecule has 0 heterocycles. The third-order valence-electron chi connectivity index (χ3n) is 6.71. The first-order valence-electron chi connectivity index (χ1n) is 12.4. The van der Waals surface area contributed by atoms with Gasteiger partial charge in [-0.3, -0.25) is 4.79 Å². The fourth-order valence-electron chi connectivity index (χ4n) is 4.30. The van der Waals surface area contributed by atoms with Crippen molar-refractivity contribution in [1.29, 1.82) is 0 Å². The maximum absolute atomic E-state index is 13.3. The highest BCUT2D eigenvalue weighted by Gasteiger charge is 2.15. The quantitative estimate of drug-likeness (QED) is 0.201. The van der Waals surface area contributed by atoms with Crippen molar-refractivity contribution in [3.05, 3.63) is 107 Å². The number of phenolic OH excluding ortho intramolecular Hbond substituents is 2. The lowest BCUT2D eigenvalue weighted by molar-refractivity contribution is 0.102. The zero-order valence-electron chi connectivity index (χ0n) is 21.9. The number of nitrogens with one attached hydrogen (secondary N) is 2. The molecule has 0 aromatic heterocycles. The molecule has 4 aromatic rings. The molecule has 0 atom stereocenters. The molecule has 0 saturated carbocycles. The Morgan fingerprint density at radius 2 is 1.50 bits per heavy atom. The Hall–Kier alpha value is -4.58. The molecule has 0 fully saturated rings. The van der Waals surface area contributed by atoms with Crippen LogP contribution < -0.4 is 10.6 Å². The summed E-state index contributed by atoms with van der Waals surface area (Å²) < 4.78 is 13.3. The van der Waals surface area contributed by atoms with E-state index < -0.39 is 11.7 Å². The van der Waals surface area contributed by atoms with Gasteiger partial charge in [0.2, 0.25) is 0 Å². The van der Waals surface area contributed by atoms with Crippen LogP contribution in [0.5, 0.6) is 11.5 Å². The van der Waals surface area contributed by atoms with Crippen molar-refractivity contribution in [3.8, 4) is 22.6 Å². The number of aromatic hydroxyl groups is 2. The van der Waals surface area contributed by atoms with Crippen molar-refractivity contribution < 1.29 is 19.4 Å². The van der Waals surface area contributed by atoms with Crippen molar-refractivity contribution >= 4 is 28.5 Å². The maximum atomic E-state index is 13.3. The standard InChI is InChI=1S/C32H31FN2O3/c1-5-19(2)21(4)28-16-26(14-9-20(28)3)34-25-8-6-7-23(15-25)32(38)35-27-17-29(36)31(30(37)18-27)22-10-12-24(33)13-11-22/h6-18,34,36-37H,5H2,1-4H3,(H,35,38)/b21-19-. The van der Waals surface area contributed by atoms with Crippen molar-refractivity contribution in [1.82, 2.24) is 0 Å². The lowest BCUT2D eigenvalue weighted by Gasteiger charge is -2.14. The summed E-state index contributed by atoms with van der Waals surface area (Å²) in [5.41, 5.74) is 7.89. The third kappa shape index (κ3) is 5.86. The lowest BCUT2D eigenvalue weighted by atomic mass is 9.96. The number of halogens is 1. The molecule has 0 radical (unpaired) electrons. The molecule has 0 aliphatic heterocycles. The van der Waals surface area contributed by atoms with Crippen LogP contribution in [0.15, 0.2) is 84.4 Å². The van der Waals surface area contributed by atoms with Crippen LogP contribution in [0.2, 0.25) is 0 Å². The monoisotopic (exact) mass is 510 g/mol. The number of rotatable bonds is 7. The van der Waals surface area contributed by atoms with Crippen LogP contribution in [-0.4, -0.2) is 16.1 Å². The molecule has 1 amide bonds. The van der Waals surface area contributed by atoms with Gasteiger partial charge >= 0.3 is 0 Å². The Balaban J connectivity index is 1.53. The average Bonchev–Trinajstić information content (AvgIpc) is 2.89. The molecule has 4 rings (SSSR count). The predicted molar refractivity (Wildman–Crippen MR) is 153 cm³/mol. The summed E-state index contributed by atoms with van der Waals surface area (Å²) in [6.07, 6.45) is 0.991. The molecular weight excluding hydrogens is 479 g/mol. The van der Waals surface area contributed by atoms with Crippen LogP contribution >= 0.6 is 0 Å². The van der Waals surface area contributed by atoms with E-state index in [1.807, 2.05) is 12.1 Å². The number of benzene rings is 4. The van der Waals surface area contributed by atoms with E-state index in [0.29, 0.717) is 11.1 Å². The van der Waals surface area contributed by atoms with Gasteiger partial charge in [-0.2, -0.15) is 0 Å². The molecule has 0 aliphatic rings. The molecule has 4 N–H and O–H groups in total. The Morgan fingerprint density at radius 1 is 0.842 bits per heavy atom. The van der Waals surface area contributed by atoms with E-state index in [9.17, 15) is 19.4 Å². The summed E-state index contributed by atoms with van der Waals surface area (Å²) in [6.45, 7) is 8.53. The minimum atomic E-state index is -0.422. The first-order chi connectivity index (χ1) is 18.2. The zero-order valence-corrected chi connectivity index (χ0v) is 21.9. The van der Waals surface area contributed by atoms with Crippen molar-refractivity contribution in [2.24, 2.45) is 0 Å². The Bertz CT molecular complexity index is 1500. The fraction of sp³-hybridized carbons (Fsp3) is 0.156. The number of anilines is 3. The summed E-state index contributed by atoms with van der Waals surface area (Å²) >= 11 is 0. The smallest absolute Gasteiger partial charge is 0.255 e. The molecule has 0 bridgehead atoms. The molecule has 5 nitrogen and oxygen atoms in total. The summed E-state index contributed by atoms with van der Waals surface area (Å²) in [4.78, 5) is 13.0. The van der Waals surface area contributed by atoms with E-state index in [1.165, 1.54) is 58.7 Å². The van der Waals surface area contributed by atoms with Gasteiger partial charge in [0, 0.05) is 34.8 Å². The highest BCUT2D eigenvalue weighted by Crippen LogP contribution is 2.40. The van der Waals surface area contributed by atoms with Crippen LogP contribution in [0.25, 0.3) is 16.7 Å². The zero-order chi connectivity index (χ0) is 27.4. The van der Waals surface area contributed by atoms with Gasteiger partial charge in [-0.25, -0.2) is 4.39 Å². The predicted octanol–water partition coefficient (Wildman–Crippen LogP) is 8.41. The summed E-state index contributed by atoms with van der Waals surface area (Å²) in [5.74, 6) is -1.29. The Morgan fingerprint density at radius 3 is 2.16 bits per heavy atom. The summed E-state index contributed by atoms with van der Waals surface area (Å²) in [5, 5.41) is 27.1. The second-order valence-electron chi connectivity index (χ2n) is 9.34.